The van der Waals surface area contributed by atoms with Crippen LogP contribution in [0.2, 0.25) is 0 Å². The van der Waals surface area contributed by atoms with Crippen LogP contribution in [0.25, 0.3) is 0 Å². The minimum absolute atomic E-state index is 0.0367. The van der Waals surface area contributed by atoms with E-state index in [9.17, 15) is 4.79 Å². The Hall–Kier alpha value is -2.11. The van der Waals surface area contributed by atoms with Gasteiger partial charge in [-0.25, -0.2) is 4.98 Å². The predicted octanol–water partition coefficient (Wildman–Crippen LogP) is 1.54. The van der Waals surface area contributed by atoms with Gasteiger partial charge in [0.15, 0.2) is 0 Å². The van der Waals surface area contributed by atoms with Crippen LogP contribution in [0.15, 0.2) is 18.7 Å². The maximum absolute atomic E-state index is 12.2. The summed E-state index contributed by atoms with van der Waals surface area (Å²) in [6.07, 6.45) is 6.33. The first-order valence-electron chi connectivity index (χ1n) is 6.91. The molecule has 0 aliphatic carbocycles. The standard InChI is InChI=1S/C14H21N5O/c1-4-19-12(3)13(11(2)17-19)14(20)16-6-5-8-18-9-7-15-10-18/h7,9-10H,4-6,8H2,1-3H3,(H,16,20). The topological polar surface area (TPSA) is 64.7 Å². The Balaban J connectivity index is 1.87. The van der Waals surface area contributed by atoms with Crippen molar-refractivity contribution < 1.29 is 4.79 Å². The molecule has 2 aromatic rings. The smallest absolute Gasteiger partial charge is 0.255 e. The molecule has 6 nitrogen and oxygen atoms in total. The van der Waals surface area contributed by atoms with E-state index in [0.717, 1.165) is 30.9 Å². The van der Waals surface area contributed by atoms with Crippen LogP contribution in [-0.4, -0.2) is 31.8 Å². The van der Waals surface area contributed by atoms with E-state index in [2.05, 4.69) is 15.4 Å². The van der Waals surface area contributed by atoms with Crippen molar-refractivity contribution in [2.45, 2.75) is 40.3 Å². The van der Waals surface area contributed by atoms with Crippen molar-refractivity contribution in [2.75, 3.05) is 6.54 Å². The second-order valence-corrected chi connectivity index (χ2v) is 4.77. The lowest BCUT2D eigenvalue weighted by molar-refractivity contribution is 0.0951. The Morgan fingerprint density at radius 3 is 2.80 bits per heavy atom. The van der Waals surface area contributed by atoms with Gasteiger partial charge < -0.3 is 9.88 Å². The molecule has 2 rings (SSSR count). The lowest BCUT2D eigenvalue weighted by Crippen LogP contribution is -2.26. The predicted molar refractivity (Wildman–Crippen MR) is 76.6 cm³/mol. The van der Waals surface area contributed by atoms with E-state index >= 15 is 0 Å². The second kappa shape index (κ2) is 6.36. The molecule has 1 amide bonds. The lowest BCUT2D eigenvalue weighted by atomic mass is 10.2. The highest BCUT2D eigenvalue weighted by molar-refractivity contribution is 5.96. The second-order valence-electron chi connectivity index (χ2n) is 4.77. The molecule has 0 saturated heterocycles. The Morgan fingerprint density at radius 2 is 2.20 bits per heavy atom. The minimum atomic E-state index is -0.0367. The molecule has 2 aromatic heterocycles. The van der Waals surface area contributed by atoms with E-state index in [0.29, 0.717) is 12.1 Å². The van der Waals surface area contributed by atoms with E-state index in [-0.39, 0.29) is 5.91 Å². The molecule has 108 valence electrons. The maximum Gasteiger partial charge on any atom is 0.255 e. The fourth-order valence-electron chi connectivity index (χ4n) is 2.30. The highest BCUT2D eigenvalue weighted by Crippen LogP contribution is 2.12. The lowest BCUT2D eigenvalue weighted by Gasteiger charge is -2.06. The summed E-state index contributed by atoms with van der Waals surface area (Å²) < 4.78 is 3.85. The van der Waals surface area contributed by atoms with Gasteiger partial charge in [-0.3, -0.25) is 9.48 Å². The molecular weight excluding hydrogens is 254 g/mol. The van der Waals surface area contributed by atoms with Crippen LogP contribution in [0.3, 0.4) is 0 Å². The molecule has 6 heteroatoms. The molecule has 0 unspecified atom stereocenters. The van der Waals surface area contributed by atoms with Crippen LogP contribution in [0, 0.1) is 13.8 Å². The summed E-state index contributed by atoms with van der Waals surface area (Å²) in [7, 11) is 0. The summed E-state index contributed by atoms with van der Waals surface area (Å²) in [4.78, 5) is 16.2. The van der Waals surface area contributed by atoms with Crippen LogP contribution in [-0.2, 0) is 13.1 Å². The molecule has 1 N–H and O–H groups in total. The Morgan fingerprint density at radius 1 is 1.40 bits per heavy atom. The van der Waals surface area contributed by atoms with Crippen LogP contribution in [0.4, 0.5) is 0 Å². The Labute approximate surface area is 118 Å². The van der Waals surface area contributed by atoms with Gasteiger partial charge in [0.1, 0.15) is 0 Å². The molecule has 0 fully saturated rings. The van der Waals surface area contributed by atoms with Crippen molar-refractivity contribution in [1.29, 1.82) is 0 Å². The van der Waals surface area contributed by atoms with Gasteiger partial charge >= 0.3 is 0 Å². The summed E-state index contributed by atoms with van der Waals surface area (Å²) in [5.41, 5.74) is 2.42. The van der Waals surface area contributed by atoms with E-state index < -0.39 is 0 Å². The highest BCUT2D eigenvalue weighted by Gasteiger charge is 2.17. The molecular formula is C14H21N5O. The minimum Gasteiger partial charge on any atom is -0.352 e. The van der Waals surface area contributed by atoms with Crippen molar-refractivity contribution >= 4 is 5.91 Å². The number of carbonyl (C=O) groups is 1. The molecule has 0 saturated carbocycles. The van der Waals surface area contributed by atoms with Gasteiger partial charge in [0.2, 0.25) is 0 Å². The molecule has 0 aliphatic rings. The maximum atomic E-state index is 12.2. The van der Waals surface area contributed by atoms with Gasteiger partial charge in [-0.05, 0) is 27.2 Å². The number of hydrogen-bond acceptors (Lipinski definition) is 3. The summed E-state index contributed by atoms with van der Waals surface area (Å²) in [5.74, 6) is -0.0367. The van der Waals surface area contributed by atoms with E-state index in [1.807, 2.05) is 36.2 Å². The number of aromatic nitrogens is 4. The fraction of sp³-hybridized carbons (Fsp3) is 0.500. The Kier molecular flexibility index (Phi) is 4.55. The molecule has 0 aliphatic heterocycles. The zero-order chi connectivity index (χ0) is 14.5. The van der Waals surface area contributed by atoms with E-state index in [1.54, 1.807) is 12.5 Å². The average molecular weight is 275 g/mol. The first-order chi connectivity index (χ1) is 9.63. The third-order valence-electron chi connectivity index (χ3n) is 3.35. The number of nitrogens with one attached hydrogen (secondary N) is 1. The number of nitrogens with zero attached hydrogens (tertiary/aromatic N) is 4. The zero-order valence-electron chi connectivity index (χ0n) is 12.3. The van der Waals surface area contributed by atoms with Gasteiger partial charge in [-0.15, -0.1) is 0 Å². The van der Waals surface area contributed by atoms with Crippen molar-refractivity contribution in [3.63, 3.8) is 0 Å². The van der Waals surface area contributed by atoms with Crippen LogP contribution >= 0.6 is 0 Å². The fourth-order valence-corrected chi connectivity index (χ4v) is 2.30. The normalized spacial score (nSPS) is 10.8. The number of amides is 1. The molecule has 20 heavy (non-hydrogen) atoms. The summed E-state index contributed by atoms with van der Waals surface area (Å²) in [6, 6.07) is 0. The van der Waals surface area contributed by atoms with Crippen molar-refractivity contribution in [2.24, 2.45) is 0 Å². The molecule has 0 aromatic carbocycles. The zero-order valence-corrected chi connectivity index (χ0v) is 12.3. The summed E-state index contributed by atoms with van der Waals surface area (Å²) >= 11 is 0. The third-order valence-corrected chi connectivity index (χ3v) is 3.35. The Bertz CT molecular complexity index is 571. The van der Waals surface area contributed by atoms with E-state index in [4.69, 9.17) is 0 Å². The number of rotatable bonds is 6. The van der Waals surface area contributed by atoms with Gasteiger partial charge in [0.25, 0.3) is 5.91 Å². The van der Waals surface area contributed by atoms with Crippen molar-refractivity contribution in [3.05, 3.63) is 35.7 Å². The summed E-state index contributed by atoms with van der Waals surface area (Å²) in [5, 5.41) is 7.32. The number of aryl methyl sites for hydroxylation is 3. The SMILES string of the molecule is CCn1nc(C)c(C(=O)NCCCn2ccnc2)c1C. The van der Waals surface area contributed by atoms with Gasteiger partial charge in [0, 0.05) is 37.7 Å². The molecule has 0 atom stereocenters. The third kappa shape index (κ3) is 3.07. The van der Waals surface area contributed by atoms with Gasteiger partial charge in [0.05, 0.1) is 17.6 Å². The van der Waals surface area contributed by atoms with Gasteiger partial charge in [-0.2, -0.15) is 5.10 Å². The number of carbonyl (C=O) groups excluding carboxylic acids is 1. The summed E-state index contributed by atoms with van der Waals surface area (Å²) in [6.45, 7) is 8.11. The number of imidazole rings is 1. The van der Waals surface area contributed by atoms with Crippen molar-refractivity contribution in [3.8, 4) is 0 Å². The van der Waals surface area contributed by atoms with Crippen LogP contribution < -0.4 is 5.32 Å². The monoisotopic (exact) mass is 275 g/mol. The van der Waals surface area contributed by atoms with Crippen molar-refractivity contribution in [1.82, 2.24) is 24.6 Å². The van der Waals surface area contributed by atoms with Gasteiger partial charge in [-0.1, -0.05) is 0 Å². The largest absolute Gasteiger partial charge is 0.352 e. The molecule has 2 heterocycles. The molecule has 0 spiro atoms. The van der Waals surface area contributed by atoms with E-state index in [1.165, 1.54) is 0 Å². The quantitative estimate of drug-likeness (QED) is 0.813. The first-order valence-corrected chi connectivity index (χ1v) is 6.91. The number of hydrogen-bond donors (Lipinski definition) is 1. The first kappa shape index (κ1) is 14.3. The molecule has 0 radical (unpaired) electrons. The van der Waals surface area contributed by atoms with Crippen LogP contribution in [0.1, 0.15) is 35.1 Å². The van der Waals surface area contributed by atoms with Crippen LogP contribution in [0.5, 0.6) is 0 Å². The average Bonchev–Trinajstić information content (AvgIpc) is 3.02. The molecule has 0 bridgehead atoms. The highest BCUT2D eigenvalue weighted by atomic mass is 16.1.